The Bertz CT molecular complexity index is 1300. The summed E-state index contributed by atoms with van der Waals surface area (Å²) >= 11 is 6.41. The molecule has 1 N–H and O–H groups in total. The fourth-order valence-electron chi connectivity index (χ4n) is 3.46. The molecule has 1 aromatic heterocycles. The third-order valence-corrected chi connectivity index (χ3v) is 5.45. The van der Waals surface area contributed by atoms with E-state index in [1.54, 1.807) is 36.4 Å². The van der Waals surface area contributed by atoms with Crippen LogP contribution in [0.5, 0.6) is 11.5 Å². The molecular weight excluding hydrogens is 416 g/mol. The smallest absolute Gasteiger partial charge is 0.255 e. The molecule has 0 unspecified atom stereocenters. The molecule has 0 atom stereocenters. The van der Waals surface area contributed by atoms with E-state index < -0.39 is 0 Å². The number of rotatable bonds is 4. The monoisotopic (exact) mass is 434 g/mol. The molecule has 4 aromatic rings. The van der Waals surface area contributed by atoms with Crippen molar-refractivity contribution < 1.29 is 18.7 Å². The molecule has 5 rings (SSSR count). The Morgan fingerprint density at radius 2 is 1.87 bits per heavy atom. The maximum atomic E-state index is 12.8. The Morgan fingerprint density at radius 3 is 2.71 bits per heavy atom. The van der Waals surface area contributed by atoms with E-state index in [0.717, 1.165) is 11.9 Å². The van der Waals surface area contributed by atoms with Crippen LogP contribution in [0.4, 0.5) is 5.69 Å². The van der Waals surface area contributed by atoms with Crippen LogP contribution in [0.15, 0.2) is 59.0 Å². The normalized spacial score (nSPS) is 12.7. The van der Waals surface area contributed by atoms with Gasteiger partial charge in [-0.2, -0.15) is 0 Å². The third kappa shape index (κ3) is 3.82. The minimum absolute atomic E-state index is 0.268. The standard InChI is InChI=1S/C24H19ClN2O4/c1-2-14-3-7-20-19(11-14)27-24(31-20)17-13-16(5-6-18(17)25)26-23(28)15-4-8-21-22(12-15)30-10-9-29-21/h3-8,11-13H,2,9-10H2,1H3,(H,26,28). The zero-order valence-corrected chi connectivity index (χ0v) is 17.5. The second-order valence-corrected chi connectivity index (χ2v) is 7.59. The van der Waals surface area contributed by atoms with E-state index in [1.165, 1.54) is 5.56 Å². The molecule has 156 valence electrons. The number of oxazole rings is 1. The Balaban J connectivity index is 1.43. The Hall–Kier alpha value is -3.51. The Morgan fingerprint density at radius 1 is 1.03 bits per heavy atom. The molecule has 0 saturated heterocycles. The number of aromatic nitrogens is 1. The van der Waals surface area contributed by atoms with Gasteiger partial charge in [-0.05, 0) is 60.5 Å². The summed E-state index contributed by atoms with van der Waals surface area (Å²) in [7, 11) is 0. The molecule has 6 nitrogen and oxygen atoms in total. The number of hydrogen-bond acceptors (Lipinski definition) is 5. The van der Waals surface area contributed by atoms with Crippen molar-refractivity contribution in [2.24, 2.45) is 0 Å². The molecule has 7 heteroatoms. The minimum Gasteiger partial charge on any atom is -0.486 e. The van der Waals surface area contributed by atoms with E-state index in [-0.39, 0.29) is 5.91 Å². The number of anilines is 1. The SMILES string of the molecule is CCc1ccc2oc(-c3cc(NC(=O)c4ccc5c(c4)OCCO5)ccc3Cl)nc2c1. The van der Waals surface area contributed by atoms with Gasteiger partial charge in [-0.25, -0.2) is 4.98 Å². The van der Waals surface area contributed by atoms with Crippen LogP contribution in [-0.4, -0.2) is 24.1 Å². The summed E-state index contributed by atoms with van der Waals surface area (Å²) in [5.74, 6) is 1.34. The van der Waals surface area contributed by atoms with Crippen molar-refractivity contribution in [1.82, 2.24) is 4.98 Å². The van der Waals surface area contributed by atoms with Crippen LogP contribution in [0.25, 0.3) is 22.6 Å². The van der Waals surface area contributed by atoms with Crippen molar-refractivity contribution in [3.8, 4) is 23.0 Å². The number of aryl methyl sites for hydroxylation is 1. The highest BCUT2D eigenvalue weighted by molar-refractivity contribution is 6.33. The summed E-state index contributed by atoms with van der Waals surface area (Å²) in [6, 6.07) is 16.2. The number of carbonyl (C=O) groups is 1. The highest BCUT2D eigenvalue weighted by atomic mass is 35.5. The fourth-order valence-corrected chi connectivity index (χ4v) is 3.66. The second kappa shape index (κ2) is 7.96. The molecule has 1 aliphatic rings. The molecular formula is C24H19ClN2O4. The zero-order chi connectivity index (χ0) is 21.4. The molecule has 3 aromatic carbocycles. The molecule has 0 fully saturated rings. The predicted octanol–water partition coefficient (Wildman–Crippen LogP) is 5.73. The first kappa shape index (κ1) is 19.5. The fraction of sp³-hybridized carbons (Fsp3) is 0.167. The molecule has 0 aliphatic carbocycles. The summed E-state index contributed by atoms with van der Waals surface area (Å²) < 4.78 is 17.0. The van der Waals surface area contributed by atoms with E-state index in [0.29, 0.717) is 58.0 Å². The van der Waals surface area contributed by atoms with Gasteiger partial charge in [0, 0.05) is 11.3 Å². The maximum Gasteiger partial charge on any atom is 0.255 e. The average molecular weight is 435 g/mol. The first-order valence-corrected chi connectivity index (χ1v) is 10.4. The molecule has 1 amide bonds. The van der Waals surface area contributed by atoms with Gasteiger partial charge in [0.05, 0.1) is 10.6 Å². The van der Waals surface area contributed by atoms with Gasteiger partial charge < -0.3 is 19.2 Å². The molecule has 0 radical (unpaired) electrons. The van der Waals surface area contributed by atoms with Crippen molar-refractivity contribution in [2.45, 2.75) is 13.3 Å². The molecule has 0 bridgehead atoms. The van der Waals surface area contributed by atoms with Crippen LogP contribution in [0.1, 0.15) is 22.8 Å². The number of benzene rings is 3. The molecule has 0 spiro atoms. The molecule has 31 heavy (non-hydrogen) atoms. The summed E-state index contributed by atoms with van der Waals surface area (Å²) in [6.07, 6.45) is 0.917. The lowest BCUT2D eigenvalue weighted by Gasteiger charge is -2.18. The number of carbonyl (C=O) groups excluding carboxylic acids is 1. The maximum absolute atomic E-state index is 12.8. The summed E-state index contributed by atoms with van der Waals surface area (Å²) in [5, 5.41) is 3.38. The van der Waals surface area contributed by atoms with Crippen LogP contribution in [0.2, 0.25) is 5.02 Å². The van der Waals surface area contributed by atoms with Gasteiger partial charge in [-0.3, -0.25) is 4.79 Å². The predicted molar refractivity (Wildman–Crippen MR) is 119 cm³/mol. The van der Waals surface area contributed by atoms with Crippen LogP contribution in [-0.2, 0) is 6.42 Å². The molecule has 2 heterocycles. The van der Waals surface area contributed by atoms with Crippen LogP contribution >= 0.6 is 11.6 Å². The number of halogens is 1. The highest BCUT2D eigenvalue weighted by Crippen LogP contribution is 2.34. The Kier molecular flexibility index (Phi) is 5.00. The topological polar surface area (TPSA) is 73.6 Å². The largest absolute Gasteiger partial charge is 0.486 e. The van der Waals surface area contributed by atoms with Gasteiger partial charge in [-0.1, -0.05) is 24.6 Å². The first-order valence-electron chi connectivity index (χ1n) is 10.0. The highest BCUT2D eigenvalue weighted by Gasteiger charge is 2.17. The number of nitrogens with one attached hydrogen (secondary N) is 1. The average Bonchev–Trinajstić information content (AvgIpc) is 3.23. The lowest BCUT2D eigenvalue weighted by molar-refractivity contribution is 0.102. The lowest BCUT2D eigenvalue weighted by Crippen LogP contribution is -2.17. The van der Waals surface area contributed by atoms with Gasteiger partial charge in [0.1, 0.15) is 18.7 Å². The number of nitrogens with zero attached hydrogens (tertiary/aromatic N) is 1. The van der Waals surface area contributed by atoms with Gasteiger partial charge in [0.15, 0.2) is 17.1 Å². The van der Waals surface area contributed by atoms with Crippen molar-refractivity contribution in [1.29, 1.82) is 0 Å². The van der Waals surface area contributed by atoms with Crippen molar-refractivity contribution in [3.05, 3.63) is 70.7 Å². The van der Waals surface area contributed by atoms with Gasteiger partial charge in [0.2, 0.25) is 5.89 Å². The summed E-state index contributed by atoms with van der Waals surface area (Å²) in [5.41, 5.74) is 4.30. The summed E-state index contributed by atoms with van der Waals surface area (Å²) in [4.78, 5) is 17.3. The first-order chi connectivity index (χ1) is 15.1. The summed E-state index contributed by atoms with van der Waals surface area (Å²) in [6.45, 7) is 3.05. The van der Waals surface area contributed by atoms with Crippen molar-refractivity contribution >= 4 is 34.3 Å². The van der Waals surface area contributed by atoms with Crippen molar-refractivity contribution in [3.63, 3.8) is 0 Å². The van der Waals surface area contributed by atoms with E-state index >= 15 is 0 Å². The quantitative estimate of drug-likeness (QED) is 0.443. The van der Waals surface area contributed by atoms with Crippen LogP contribution in [0.3, 0.4) is 0 Å². The van der Waals surface area contributed by atoms with Gasteiger partial charge >= 0.3 is 0 Å². The Labute approximate surface area is 183 Å². The third-order valence-electron chi connectivity index (χ3n) is 5.12. The van der Waals surface area contributed by atoms with Crippen LogP contribution < -0.4 is 14.8 Å². The minimum atomic E-state index is -0.268. The molecule has 0 saturated carbocycles. The zero-order valence-electron chi connectivity index (χ0n) is 16.8. The lowest BCUT2D eigenvalue weighted by atomic mass is 10.1. The van der Waals surface area contributed by atoms with Crippen LogP contribution in [0, 0.1) is 0 Å². The van der Waals surface area contributed by atoms with Gasteiger partial charge in [0.25, 0.3) is 5.91 Å². The van der Waals surface area contributed by atoms with E-state index in [2.05, 4.69) is 17.2 Å². The van der Waals surface area contributed by atoms with E-state index in [9.17, 15) is 4.79 Å². The number of amides is 1. The number of ether oxygens (including phenoxy) is 2. The van der Waals surface area contributed by atoms with Crippen molar-refractivity contribution in [2.75, 3.05) is 18.5 Å². The number of fused-ring (bicyclic) bond motifs is 2. The van der Waals surface area contributed by atoms with E-state index in [1.807, 2.05) is 18.2 Å². The molecule has 1 aliphatic heterocycles. The second-order valence-electron chi connectivity index (χ2n) is 7.18. The van der Waals surface area contributed by atoms with Gasteiger partial charge in [-0.15, -0.1) is 0 Å². The number of hydrogen-bond donors (Lipinski definition) is 1. The van der Waals surface area contributed by atoms with E-state index in [4.69, 9.17) is 25.5 Å².